The van der Waals surface area contributed by atoms with Crippen molar-refractivity contribution in [3.63, 3.8) is 0 Å². The van der Waals surface area contributed by atoms with Crippen molar-refractivity contribution in [2.24, 2.45) is 5.92 Å². The van der Waals surface area contributed by atoms with E-state index in [4.69, 9.17) is 17.0 Å². The van der Waals surface area contributed by atoms with Gasteiger partial charge in [0.05, 0.1) is 5.69 Å². The number of anilines is 1. The summed E-state index contributed by atoms with van der Waals surface area (Å²) in [5.41, 5.74) is 1.83. The molecule has 21 heavy (non-hydrogen) atoms. The van der Waals surface area contributed by atoms with E-state index in [0.29, 0.717) is 10.9 Å². The van der Waals surface area contributed by atoms with Crippen molar-refractivity contribution in [3.8, 4) is 5.75 Å². The number of para-hydroxylation sites is 1. The van der Waals surface area contributed by atoms with Crippen LogP contribution in [0.1, 0.15) is 39.2 Å². The summed E-state index contributed by atoms with van der Waals surface area (Å²) in [5, 5.41) is 9.17. The summed E-state index contributed by atoms with van der Waals surface area (Å²) in [7, 11) is 0. The zero-order valence-electron chi connectivity index (χ0n) is 12.8. The lowest BCUT2D eigenvalue weighted by molar-refractivity contribution is -0.135. The van der Waals surface area contributed by atoms with E-state index in [1.165, 1.54) is 0 Å². The summed E-state index contributed by atoms with van der Waals surface area (Å²) in [4.78, 5) is 13.4. The van der Waals surface area contributed by atoms with E-state index in [1.807, 2.05) is 32.0 Å². The Kier molecular flexibility index (Phi) is 4.52. The Bertz CT molecular complexity index is 569. The molecule has 2 rings (SSSR count). The molecule has 0 unspecified atom stereocenters. The van der Waals surface area contributed by atoms with Gasteiger partial charge in [-0.15, -0.1) is 0 Å². The van der Waals surface area contributed by atoms with Crippen molar-refractivity contribution in [1.29, 1.82) is 0 Å². The number of thiocarbonyl (C=S) groups is 1. The lowest BCUT2D eigenvalue weighted by Gasteiger charge is -2.39. The molecule has 5 heteroatoms. The Morgan fingerprint density at radius 3 is 2.57 bits per heavy atom. The van der Waals surface area contributed by atoms with Gasteiger partial charge in [-0.25, -0.2) is 0 Å². The number of carbonyl (C=O) groups is 1. The molecule has 1 N–H and O–H groups in total. The van der Waals surface area contributed by atoms with Crippen molar-refractivity contribution in [2.45, 2.75) is 39.7 Å². The van der Waals surface area contributed by atoms with Crippen LogP contribution in [-0.4, -0.2) is 28.7 Å². The maximum Gasteiger partial charge on any atom is 0.323 e. The fourth-order valence-electron chi connectivity index (χ4n) is 2.51. The molecule has 1 aliphatic rings. The number of benzene rings is 1. The number of ether oxygens (including phenoxy) is 1. The molecular weight excluding hydrogens is 286 g/mol. The summed E-state index contributed by atoms with van der Waals surface area (Å²) < 4.78 is 6.13. The minimum Gasteiger partial charge on any atom is -0.481 e. The minimum absolute atomic E-state index is 0.139. The lowest BCUT2D eigenvalue weighted by atomic mass is 9.97. The van der Waals surface area contributed by atoms with Crippen LogP contribution >= 0.6 is 12.2 Å². The third-order valence-corrected chi connectivity index (χ3v) is 4.04. The molecule has 114 valence electrons. The fraction of sp³-hybridized carbons (Fsp3) is 0.500. The third kappa shape index (κ3) is 3.02. The Morgan fingerprint density at radius 2 is 2.05 bits per heavy atom. The quantitative estimate of drug-likeness (QED) is 0.864. The third-order valence-electron chi connectivity index (χ3n) is 3.59. The van der Waals surface area contributed by atoms with Crippen LogP contribution in [0, 0.1) is 5.92 Å². The number of nitrogens with zero attached hydrogens (tertiary/aromatic N) is 1. The number of carboxylic acid groups (broad SMARTS) is 1. The average molecular weight is 307 g/mol. The highest BCUT2D eigenvalue weighted by molar-refractivity contribution is 7.80. The second-order valence-corrected chi connectivity index (χ2v) is 6.37. The van der Waals surface area contributed by atoms with Crippen LogP contribution in [0.4, 0.5) is 5.69 Å². The summed E-state index contributed by atoms with van der Waals surface area (Å²) in [6.07, 6.45) is -0.272. The van der Waals surface area contributed by atoms with E-state index < -0.39 is 5.97 Å². The number of rotatable bonds is 4. The molecule has 4 nitrogen and oxygen atoms in total. The Labute approximate surface area is 130 Å². The monoisotopic (exact) mass is 307 g/mol. The SMILES string of the molecule is CC(C)c1cccc2c1O[C@H](C(C)C)C(=S)N2CC(=O)O. The van der Waals surface area contributed by atoms with Gasteiger partial charge in [-0.1, -0.05) is 52.0 Å². The second kappa shape index (κ2) is 6.02. The van der Waals surface area contributed by atoms with E-state index in [9.17, 15) is 9.90 Å². The number of fused-ring (bicyclic) bond motifs is 1. The number of aliphatic carboxylic acids is 1. The maximum atomic E-state index is 11.2. The average Bonchev–Trinajstić information content (AvgIpc) is 2.40. The van der Waals surface area contributed by atoms with Gasteiger partial charge < -0.3 is 14.7 Å². The van der Waals surface area contributed by atoms with Gasteiger partial charge in [0, 0.05) is 0 Å². The van der Waals surface area contributed by atoms with Crippen LogP contribution in [0.5, 0.6) is 5.75 Å². The second-order valence-electron chi connectivity index (χ2n) is 5.95. The molecule has 1 heterocycles. The van der Waals surface area contributed by atoms with Crippen LogP contribution in [0.25, 0.3) is 0 Å². The smallest absolute Gasteiger partial charge is 0.323 e. The molecule has 1 aromatic rings. The largest absolute Gasteiger partial charge is 0.481 e. The molecule has 0 amide bonds. The van der Waals surface area contributed by atoms with Gasteiger partial charge in [0.25, 0.3) is 0 Å². The van der Waals surface area contributed by atoms with Crippen LogP contribution < -0.4 is 9.64 Å². The minimum atomic E-state index is -0.900. The van der Waals surface area contributed by atoms with E-state index >= 15 is 0 Å². The molecule has 0 radical (unpaired) electrons. The molecule has 0 bridgehead atoms. The van der Waals surface area contributed by atoms with Crippen molar-refractivity contribution >= 4 is 28.9 Å². The molecule has 0 aliphatic carbocycles. The molecule has 0 saturated carbocycles. The van der Waals surface area contributed by atoms with E-state index in [1.54, 1.807) is 4.90 Å². The first-order chi connectivity index (χ1) is 9.82. The Morgan fingerprint density at radius 1 is 1.38 bits per heavy atom. The van der Waals surface area contributed by atoms with E-state index in [-0.39, 0.29) is 18.6 Å². The zero-order valence-corrected chi connectivity index (χ0v) is 13.6. The van der Waals surface area contributed by atoms with Crippen molar-refractivity contribution in [2.75, 3.05) is 11.4 Å². The Hall–Kier alpha value is -1.62. The van der Waals surface area contributed by atoms with Crippen LogP contribution in [0.3, 0.4) is 0 Å². The predicted molar refractivity (Wildman–Crippen MR) is 87.4 cm³/mol. The van der Waals surface area contributed by atoms with Crippen LogP contribution in [0.15, 0.2) is 18.2 Å². The normalized spacial score (nSPS) is 17.9. The van der Waals surface area contributed by atoms with Crippen molar-refractivity contribution < 1.29 is 14.6 Å². The van der Waals surface area contributed by atoms with E-state index in [0.717, 1.165) is 17.0 Å². The molecule has 0 spiro atoms. The van der Waals surface area contributed by atoms with Gasteiger partial charge in [0.2, 0.25) is 0 Å². The zero-order chi connectivity index (χ0) is 15.7. The molecule has 0 fully saturated rings. The predicted octanol–water partition coefficient (Wildman–Crippen LogP) is 3.45. The first-order valence-electron chi connectivity index (χ1n) is 7.15. The highest BCUT2D eigenvalue weighted by Gasteiger charge is 2.35. The topological polar surface area (TPSA) is 49.8 Å². The van der Waals surface area contributed by atoms with E-state index in [2.05, 4.69) is 13.8 Å². The number of hydrogen-bond acceptors (Lipinski definition) is 3. The maximum absolute atomic E-state index is 11.2. The van der Waals surface area contributed by atoms with Gasteiger partial charge in [0.1, 0.15) is 17.3 Å². The Balaban J connectivity index is 2.55. The molecule has 1 aliphatic heterocycles. The highest BCUT2D eigenvalue weighted by Crippen LogP contribution is 2.41. The summed E-state index contributed by atoms with van der Waals surface area (Å²) in [5.74, 6) is 0.344. The lowest BCUT2D eigenvalue weighted by Crippen LogP contribution is -2.49. The van der Waals surface area contributed by atoms with Crippen LogP contribution in [-0.2, 0) is 4.79 Å². The van der Waals surface area contributed by atoms with Gasteiger partial charge in [-0.2, -0.15) is 0 Å². The van der Waals surface area contributed by atoms with Gasteiger partial charge in [0.15, 0.2) is 6.10 Å². The summed E-state index contributed by atoms with van der Waals surface area (Å²) in [6, 6.07) is 5.81. The standard InChI is InChI=1S/C16H21NO3S/c1-9(2)11-6-5-7-12-15(11)20-14(10(3)4)16(21)17(12)8-13(18)19/h5-7,9-10,14H,8H2,1-4H3,(H,18,19)/t14-/m1/s1. The van der Waals surface area contributed by atoms with Gasteiger partial charge >= 0.3 is 5.97 Å². The molecule has 0 saturated heterocycles. The van der Waals surface area contributed by atoms with Gasteiger partial charge in [-0.3, -0.25) is 4.79 Å². The fourth-order valence-corrected chi connectivity index (χ4v) is 2.99. The van der Waals surface area contributed by atoms with Crippen molar-refractivity contribution in [3.05, 3.63) is 23.8 Å². The number of hydrogen-bond donors (Lipinski definition) is 1. The van der Waals surface area contributed by atoms with Crippen LogP contribution in [0.2, 0.25) is 0 Å². The molecule has 0 aromatic heterocycles. The van der Waals surface area contributed by atoms with Gasteiger partial charge in [-0.05, 0) is 23.5 Å². The highest BCUT2D eigenvalue weighted by atomic mass is 32.1. The summed E-state index contributed by atoms with van der Waals surface area (Å²) in [6.45, 7) is 8.10. The molecule has 1 aromatic carbocycles. The summed E-state index contributed by atoms with van der Waals surface area (Å²) >= 11 is 5.47. The molecular formula is C16H21NO3S. The first kappa shape index (κ1) is 15.8. The van der Waals surface area contributed by atoms with Crippen molar-refractivity contribution in [1.82, 2.24) is 0 Å². The molecule has 1 atom stereocenters. The first-order valence-corrected chi connectivity index (χ1v) is 7.56. The number of carboxylic acids is 1.